The third-order valence-electron chi connectivity index (χ3n) is 3.69. The van der Waals surface area contributed by atoms with E-state index in [4.69, 9.17) is 5.73 Å². The van der Waals surface area contributed by atoms with E-state index in [1.54, 1.807) is 43.6 Å². The third-order valence-corrected chi connectivity index (χ3v) is 3.69. The first kappa shape index (κ1) is 14.4. The van der Waals surface area contributed by atoms with Crippen molar-refractivity contribution in [3.8, 4) is 0 Å². The number of nitrogens with zero attached hydrogens (tertiary/aromatic N) is 1. The number of hydrogen-bond donors (Lipinski definition) is 1. The van der Waals surface area contributed by atoms with E-state index in [1.165, 1.54) is 12.1 Å². The molecule has 0 saturated heterocycles. The fraction of sp³-hybridized carbons (Fsp3) is 0.111. The van der Waals surface area contributed by atoms with Crippen LogP contribution in [0.5, 0.6) is 0 Å². The van der Waals surface area contributed by atoms with Crippen LogP contribution < -0.4 is 5.73 Å². The summed E-state index contributed by atoms with van der Waals surface area (Å²) in [5, 5.41) is 1.61. The Labute approximate surface area is 127 Å². The van der Waals surface area contributed by atoms with Gasteiger partial charge < -0.3 is 5.73 Å². The molecule has 0 aliphatic carbocycles. The van der Waals surface area contributed by atoms with Crippen molar-refractivity contribution in [2.24, 2.45) is 5.73 Å². The van der Waals surface area contributed by atoms with E-state index in [0.29, 0.717) is 11.1 Å². The Kier molecular flexibility index (Phi) is 3.69. The minimum Gasteiger partial charge on any atom is -0.324 e. The standard InChI is InChI=1S/C18H15FN2O/c1-11(20)12-5-6-16(17(19)9-12)18(22)15-4-2-3-13-10-21-8-7-14(13)15/h2-11H,20H2,1H3. The first-order valence-corrected chi connectivity index (χ1v) is 7.00. The Bertz CT molecular complexity index is 853. The van der Waals surface area contributed by atoms with E-state index in [9.17, 15) is 9.18 Å². The zero-order valence-electron chi connectivity index (χ0n) is 12.1. The van der Waals surface area contributed by atoms with Crippen molar-refractivity contribution in [2.75, 3.05) is 0 Å². The van der Waals surface area contributed by atoms with Crippen LogP contribution in [0.2, 0.25) is 0 Å². The van der Waals surface area contributed by atoms with Crippen molar-refractivity contribution in [3.63, 3.8) is 0 Å². The summed E-state index contributed by atoms with van der Waals surface area (Å²) >= 11 is 0. The predicted molar refractivity (Wildman–Crippen MR) is 84.2 cm³/mol. The molecule has 3 rings (SSSR count). The molecule has 0 saturated carbocycles. The second-order valence-electron chi connectivity index (χ2n) is 5.26. The van der Waals surface area contributed by atoms with Crippen LogP contribution in [0.1, 0.15) is 34.5 Å². The molecule has 3 aromatic rings. The number of benzene rings is 2. The smallest absolute Gasteiger partial charge is 0.196 e. The number of carbonyl (C=O) groups is 1. The van der Waals surface area contributed by atoms with Gasteiger partial charge in [-0.3, -0.25) is 9.78 Å². The molecule has 0 amide bonds. The number of fused-ring (bicyclic) bond motifs is 1. The highest BCUT2D eigenvalue weighted by Gasteiger charge is 2.17. The Morgan fingerprint density at radius 2 is 2.00 bits per heavy atom. The summed E-state index contributed by atoms with van der Waals surface area (Å²) in [6.45, 7) is 1.77. The number of pyridine rings is 1. The average Bonchev–Trinajstić information content (AvgIpc) is 2.53. The summed E-state index contributed by atoms with van der Waals surface area (Å²) in [6.07, 6.45) is 3.30. The van der Waals surface area contributed by atoms with Crippen molar-refractivity contribution in [3.05, 3.63) is 77.4 Å². The molecular formula is C18H15FN2O. The molecule has 2 aromatic carbocycles. The lowest BCUT2D eigenvalue weighted by molar-refractivity contribution is 0.103. The zero-order chi connectivity index (χ0) is 15.7. The van der Waals surface area contributed by atoms with Crippen LogP contribution >= 0.6 is 0 Å². The number of halogens is 1. The van der Waals surface area contributed by atoms with Gasteiger partial charge in [0.25, 0.3) is 0 Å². The van der Waals surface area contributed by atoms with Crippen LogP contribution in [0, 0.1) is 5.82 Å². The SMILES string of the molecule is CC(N)c1ccc(C(=O)c2cccc3cnccc23)c(F)c1. The van der Waals surface area contributed by atoms with Crippen molar-refractivity contribution < 1.29 is 9.18 Å². The van der Waals surface area contributed by atoms with Gasteiger partial charge in [-0.25, -0.2) is 4.39 Å². The molecule has 0 bridgehead atoms. The number of ketones is 1. The van der Waals surface area contributed by atoms with E-state index in [1.807, 2.05) is 6.07 Å². The second-order valence-corrected chi connectivity index (χ2v) is 5.26. The summed E-state index contributed by atoms with van der Waals surface area (Å²) in [7, 11) is 0. The number of rotatable bonds is 3. The van der Waals surface area contributed by atoms with Gasteiger partial charge in [0.2, 0.25) is 0 Å². The van der Waals surface area contributed by atoms with Gasteiger partial charge in [0.15, 0.2) is 5.78 Å². The highest BCUT2D eigenvalue weighted by Crippen LogP contribution is 2.23. The maximum atomic E-state index is 14.3. The first-order chi connectivity index (χ1) is 10.6. The fourth-order valence-corrected chi connectivity index (χ4v) is 2.46. The minimum atomic E-state index is -0.550. The van der Waals surface area contributed by atoms with Crippen molar-refractivity contribution in [2.45, 2.75) is 13.0 Å². The van der Waals surface area contributed by atoms with Crippen molar-refractivity contribution in [1.82, 2.24) is 4.98 Å². The van der Waals surface area contributed by atoms with Gasteiger partial charge in [0.1, 0.15) is 5.82 Å². The maximum Gasteiger partial charge on any atom is 0.196 e. The van der Waals surface area contributed by atoms with Crippen LogP contribution in [-0.4, -0.2) is 10.8 Å². The molecular weight excluding hydrogens is 279 g/mol. The molecule has 0 fully saturated rings. The topological polar surface area (TPSA) is 56.0 Å². The summed E-state index contributed by atoms with van der Waals surface area (Å²) in [6, 6.07) is 11.3. The Balaban J connectivity index is 2.10. The minimum absolute atomic E-state index is 0.0497. The molecule has 1 atom stereocenters. The van der Waals surface area contributed by atoms with E-state index < -0.39 is 5.82 Å². The highest BCUT2D eigenvalue weighted by atomic mass is 19.1. The normalized spacial score (nSPS) is 12.3. The predicted octanol–water partition coefficient (Wildman–Crippen LogP) is 3.62. The Morgan fingerprint density at radius 1 is 1.18 bits per heavy atom. The Hall–Kier alpha value is -2.59. The molecule has 0 aliphatic heterocycles. The van der Waals surface area contributed by atoms with Crippen LogP contribution in [0.4, 0.5) is 4.39 Å². The second kappa shape index (κ2) is 5.66. The van der Waals surface area contributed by atoms with Crippen molar-refractivity contribution in [1.29, 1.82) is 0 Å². The molecule has 0 aliphatic rings. The quantitative estimate of drug-likeness (QED) is 0.750. The van der Waals surface area contributed by atoms with Gasteiger partial charge >= 0.3 is 0 Å². The zero-order valence-corrected chi connectivity index (χ0v) is 12.1. The monoisotopic (exact) mass is 294 g/mol. The molecule has 22 heavy (non-hydrogen) atoms. The summed E-state index contributed by atoms with van der Waals surface area (Å²) in [5.74, 6) is -0.892. The van der Waals surface area contributed by atoms with E-state index >= 15 is 0 Å². The highest BCUT2D eigenvalue weighted by molar-refractivity contribution is 6.16. The number of nitrogens with two attached hydrogens (primary N) is 1. The van der Waals surface area contributed by atoms with E-state index in [-0.39, 0.29) is 17.4 Å². The summed E-state index contributed by atoms with van der Waals surface area (Å²) < 4.78 is 14.3. The number of aromatic nitrogens is 1. The first-order valence-electron chi connectivity index (χ1n) is 7.00. The molecule has 1 unspecified atom stereocenters. The van der Waals surface area contributed by atoms with Crippen LogP contribution in [-0.2, 0) is 0 Å². The lowest BCUT2D eigenvalue weighted by Crippen LogP contribution is -2.09. The maximum absolute atomic E-state index is 14.3. The molecule has 1 aromatic heterocycles. The lowest BCUT2D eigenvalue weighted by Gasteiger charge is -2.09. The van der Waals surface area contributed by atoms with E-state index in [0.717, 1.165) is 10.8 Å². The molecule has 3 nitrogen and oxygen atoms in total. The van der Waals surface area contributed by atoms with Gasteiger partial charge in [0, 0.05) is 29.4 Å². The van der Waals surface area contributed by atoms with E-state index in [2.05, 4.69) is 4.98 Å². The molecule has 1 heterocycles. The number of carbonyl (C=O) groups excluding carboxylic acids is 1. The van der Waals surface area contributed by atoms with Crippen LogP contribution in [0.25, 0.3) is 10.8 Å². The third kappa shape index (κ3) is 2.49. The van der Waals surface area contributed by atoms with Gasteiger partial charge in [-0.2, -0.15) is 0 Å². The van der Waals surface area contributed by atoms with Gasteiger partial charge in [-0.1, -0.05) is 24.3 Å². The molecule has 2 N–H and O–H groups in total. The molecule has 4 heteroatoms. The molecule has 0 radical (unpaired) electrons. The largest absolute Gasteiger partial charge is 0.324 e. The van der Waals surface area contributed by atoms with Gasteiger partial charge in [-0.05, 0) is 36.1 Å². The van der Waals surface area contributed by atoms with Crippen LogP contribution in [0.3, 0.4) is 0 Å². The Morgan fingerprint density at radius 3 is 2.73 bits per heavy atom. The molecule has 110 valence electrons. The van der Waals surface area contributed by atoms with Crippen molar-refractivity contribution >= 4 is 16.6 Å². The molecule has 0 spiro atoms. The number of hydrogen-bond acceptors (Lipinski definition) is 3. The fourth-order valence-electron chi connectivity index (χ4n) is 2.46. The summed E-state index contributed by atoms with van der Waals surface area (Å²) in [4.78, 5) is 16.7. The lowest BCUT2D eigenvalue weighted by atomic mass is 9.96. The summed E-state index contributed by atoms with van der Waals surface area (Å²) in [5.41, 5.74) is 6.91. The average molecular weight is 294 g/mol. The van der Waals surface area contributed by atoms with Crippen LogP contribution in [0.15, 0.2) is 54.9 Å². The van der Waals surface area contributed by atoms with Gasteiger partial charge in [-0.15, -0.1) is 0 Å². The van der Waals surface area contributed by atoms with Gasteiger partial charge in [0.05, 0.1) is 5.56 Å².